The van der Waals surface area contributed by atoms with E-state index in [4.69, 9.17) is 5.73 Å². The molecule has 1 aromatic heterocycles. The standard InChI is InChI=1S/C14H25N5O/c1-4-17-6-5-16-12(13(17)20)18-7-9-19(10-8-18)14(2,3)11-15/h5-6H,4,7-11,15H2,1-3H3. The first-order chi connectivity index (χ1) is 9.49. The Hall–Kier alpha value is -1.40. The van der Waals surface area contributed by atoms with E-state index < -0.39 is 0 Å². The highest BCUT2D eigenvalue weighted by Gasteiger charge is 2.29. The molecule has 0 unspecified atom stereocenters. The Labute approximate surface area is 120 Å². The first-order valence-corrected chi connectivity index (χ1v) is 7.25. The average Bonchev–Trinajstić information content (AvgIpc) is 2.47. The minimum Gasteiger partial charge on any atom is -0.349 e. The summed E-state index contributed by atoms with van der Waals surface area (Å²) in [6.07, 6.45) is 3.44. The van der Waals surface area contributed by atoms with E-state index in [0.717, 1.165) is 26.2 Å². The molecule has 6 heteroatoms. The SMILES string of the molecule is CCn1ccnc(N2CCN(C(C)(C)CN)CC2)c1=O. The Bertz CT molecular complexity index is 503. The van der Waals surface area contributed by atoms with Gasteiger partial charge in [0.05, 0.1) is 0 Å². The number of aromatic nitrogens is 2. The first kappa shape index (κ1) is 15.0. The molecule has 0 spiro atoms. The van der Waals surface area contributed by atoms with Crippen LogP contribution in [0, 0.1) is 0 Å². The Morgan fingerprint density at radius 1 is 1.30 bits per heavy atom. The van der Waals surface area contributed by atoms with Gasteiger partial charge >= 0.3 is 0 Å². The number of rotatable bonds is 4. The number of anilines is 1. The predicted octanol–water partition coefficient (Wildman–Crippen LogP) is 0.123. The van der Waals surface area contributed by atoms with E-state index >= 15 is 0 Å². The van der Waals surface area contributed by atoms with Crippen LogP contribution >= 0.6 is 0 Å². The van der Waals surface area contributed by atoms with Crippen molar-refractivity contribution >= 4 is 5.82 Å². The molecule has 112 valence electrons. The average molecular weight is 279 g/mol. The lowest BCUT2D eigenvalue weighted by molar-refractivity contribution is 0.119. The van der Waals surface area contributed by atoms with E-state index in [1.807, 2.05) is 6.92 Å². The third kappa shape index (κ3) is 2.86. The molecule has 20 heavy (non-hydrogen) atoms. The zero-order chi connectivity index (χ0) is 14.8. The molecule has 0 amide bonds. The fourth-order valence-corrected chi connectivity index (χ4v) is 2.55. The van der Waals surface area contributed by atoms with Gasteiger partial charge in [0, 0.05) is 57.2 Å². The highest BCUT2D eigenvalue weighted by molar-refractivity contribution is 5.36. The van der Waals surface area contributed by atoms with Gasteiger partial charge in [-0.3, -0.25) is 9.69 Å². The molecule has 0 radical (unpaired) electrons. The second-order valence-electron chi connectivity index (χ2n) is 5.83. The van der Waals surface area contributed by atoms with Crippen LogP contribution in [0.15, 0.2) is 17.2 Å². The summed E-state index contributed by atoms with van der Waals surface area (Å²) < 4.78 is 1.69. The quantitative estimate of drug-likeness (QED) is 0.848. The third-order valence-electron chi connectivity index (χ3n) is 4.17. The molecule has 0 aromatic carbocycles. The second kappa shape index (κ2) is 5.93. The largest absolute Gasteiger partial charge is 0.349 e. The lowest BCUT2D eigenvalue weighted by Crippen LogP contribution is -2.58. The number of nitrogens with zero attached hydrogens (tertiary/aromatic N) is 4. The van der Waals surface area contributed by atoms with Crippen LogP contribution in [0.4, 0.5) is 5.82 Å². The minimum atomic E-state index is 0.00142. The highest BCUT2D eigenvalue weighted by atomic mass is 16.1. The van der Waals surface area contributed by atoms with Gasteiger partial charge in [-0.25, -0.2) is 4.98 Å². The number of hydrogen-bond acceptors (Lipinski definition) is 5. The second-order valence-corrected chi connectivity index (χ2v) is 5.83. The third-order valence-corrected chi connectivity index (χ3v) is 4.17. The van der Waals surface area contributed by atoms with Gasteiger partial charge in [0.25, 0.3) is 5.56 Å². The van der Waals surface area contributed by atoms with E-state index in [2.05, 4.69) is 28.6 Å². The maximum absolute atomic E-state index is 12.3. The zero-order valence-corrected chi connectivity index (χ0v) is 12.7. The van der Waals surface area contributed by atoms with Crippen molar-refractivity contribution in [1.29, 1.82) is 0 Å². The summed E-state index contributed by atoms with van der Waals surface area (Å²) in [5, 5.41) is 0. The van der Waals surface area contributed by atoms with Crippen LogP contribution in [-0.4, -0.2) is 52.7 Å². The lowest BCUT2D eigenvalue weighted by Gasteiger charge is -2.43. The molecule has 0 atom stereocenters. The summed E-state index contributed by atoms with van der Waals surface area (Å²) in [7, 11) is 0. The maximum Gasteiger partial charge on any atom is 0.293 e. The first-order valence-electron chi connectivity index (χ1n) is 7.25. The Balaban J connectivity index is 2.10. The van der Waals surface area contributed by atoms with E-state index in [1.165, 1.54) is 0 Å². The molecular weight excluding hydrogens is 254 g/mol. The lowest BCUT2D eigenvalue weighted by atomic mass is 10.0. The van der Waals surface area contributed by atoms with Crippen LogP contribution in [0.5, 0.6) is 0 Å². The fourth-order valence-electron chi connectivity index (χ4n) is 2.55. The molecule has 1 aromatic rings. The molecule has 1 fully saturated rings. The molecular formula is C14H25N5O. The Morgan fingerprint density at radius 2 is 1.95 bits per heavy atom. The van der Waals surface area contributed by atoms with Gasteiger partial charge in [-0.1, -0.05) is 0 Å². The molecule has 0 bridgehead atoms. The Morgan fingerprint density at radius 3 is 2.50 bits per heavy atom. The van der Waals surface area contributed by atoms with Crippen LogP contribution in [-0.2, 0) is 6.54 Å². The van der Waals surface area contributed by atoms with Crippen molar-refractivity contribution in [3.8, 4) is 0 Å². The summed E-state index contributed by atoms with van der Waals surface area (Å²) in [5.41, 5.74) is 5.84. The van der Waals surface area contributed by atoms with Crippen LogP contribution < -0.4 is 16.2 Å². The summed E-state index contributed by atoms with van der Waals surface area (Å²) in [6, 6.07) is 0. The van der Waals surface area contributed by atoms with Gasteiger partial charge in [-0.15, -0.1) is 0 Å². The monoisotopic (exact) mass is 279 g/mol. The molecule has 1 saturated heterocycles. The van der Waals surface area contributed by atoms with Gasteiger partial charge in [0.1, 0.15) is 0 Å². The van der Waals surface area contributed by atoms with E-state index in [0.29, 0.717) is 18.9 Å². The summed E-state index contributed by atoms with van der Waals surface area (Å²) in [4.78, 5) is 21.0. The van der Waals surface area contributed by atoms with Crippen LogP contribution in [0.25, 0.3) is 0 Å². The van der Waals surface area contributed by atoms with Crippen LogP contribution in [0.3, 0.4) is 0 Å². The molecule has 2 heterocycles. The van der Waals surface area contributed by atoms with Gasteiger partial charge in [0.2, 0.25) is 0 Å². The Kier molecular flexibility index (Phi) is 4.45. The number of hydrogen-bond donors (Lipinski definition) is 1. The predicted molar refractivity (Wildman–Crippen MR) is 81.1 cm³/mol. The summed E-state index contributed by atoms with van der Waals surface area (Å²) in [6.45, 7) is 11.1. The molecule has 2 rings (SSSR count). The van der Waals surface area contributed by atoms with Gasteiger partial charge < -0.3 is 15.2 Å². The molecule has 6 nitrogen and oxygen atoms in total. The van der Waals surface area contributed by atoms with E-state index in [1.54, 1.807) is 17.0 Å². The smallest absolute Gasteiger partial charge is 0.293 e. The van der Waals surface area contributed by atoms with Crippen LogP contribution in [0.2, 0.25) is 0 Å². The fraction of sp³-hybridized carbons (Fsp3) is 0.714. The number of aryl methyl sites for hydroxylation is 1. The normalized spacial score (nSPS) is 17.5. The van der Waals surface area contributed by atoms with Crippen molar-refractivity contribution in [2.45, 2.75) is 32.9 Å². The van der Waals surface area contributed by atoms with E-state index in [9.17, 15) is 4.79 Å². The number of piperazine rings is 1. The van der Waals surface area contributed by atoms with E-state index in [-0.39, 0.29) is 11.1 Å². The molecule has 0 aliphatic carbocycles. The van der Waals surface area contributed by atoms with Gasteiger partial charge in [-0.05, 0) is 20.8 Å². The van der Waals surface area contributed by atoms with Gasteiger partial charge in [0.15, 0.2) is 5.82 Å². The zero-order valence-electron chi connectivity index (χ0n) is 12.7. The minimum absolute atomic E-state index is 0.00142. The van der Waals surface area contributed by atoms with Crippen molar-refractivity contribution < 1.29 is 0 Å². The topological polar surface area (TPSA) is 67.4 Å². The number of nitrogens with two attached hydrogens (primary N) is 1. The maximum atomic E-state index is 12.3. The summed E-state index contributed by atoms with van der Waals surface area (Å²) >= 11 is 0. The van der Waals surface area contributed by atoms with Crippen molar-refractivity contribution in [1.82, 2.24) is 14.5 Å². The highest BCUT2D eigenvalue weighted by Crippen LogP contribution is 2.17. The van der Waals surface area contributed by atoms with Crippen molar-refractivity contribution in [3.63, 3.8) is 0 Å². The van der Waals surface area contributed by atoms with Crippen molar-refractivity contribution in [2.24, 2.45) is 5.73 Å². The van der Waals surface area contributed by atoms with Crippen molar-refractivity contribution in [3.05, 3.63) is 22.7 Å². The van der Waals surface area contributed by atoms with Gasteiger partial charge in [-0.2, -0.15) is 0 Å². The van der Waals surface area contributed by atoms with Crippen molar-refractivity contribution in [2.75, 3.05) is 37.6 Å². The summed E-state index contributed by atoms with van der Waals surface area (Å²) in [5.74, 6) is 0.569. The molecule has 2 N–H and O–H groups in total. The van der Waals surface area contributed by atoms with Crippen LogP contribution in [0.1, 0.15) is 20.8 Å². The molecule has 1 aliphatic rings. The molecule has 0 saturated carbocycles. The molecule has 1 aliphatic heterocycles.